The van der Waals surface area contributed by atoms with Crippen LogP contribution in [-0.4, -0.2) is 40.6 Å². The fraction of sp³-hybridized carbons (Fsp3) is 0.667. The van der Waals surface area contributed by atoms with Crippen LogP contribution < -0.4 is 5.73 Å². The third kappa shape index (κ3) is 4.52. The van der Waals surface area contributed by atoms with Crippen molar-refractivity contribution in [3.05, 3.63) is 5.69 Å². The average Bonchev–Trinajstić information content (AvgIpc) is 2.79. The smallest absolute Gasteiger partial charge is 0.362 e. The highest BCUT2D eigenvalue weighted by Crippen LogP contribution is 2.09. The number of hydrogen-bond donors (Lipinski definition) is 1. The number of methoxy groups -OCH3 is 1. The molecular formula is C12H20N4O4. The molecule has 112 valence electrons. The van der Waals surface area contributed by atoms with E-state index in [0.29, 0.717) is 6.61 Å². The summed E-state index contributed by atoms with van der Waals surface area (Å²) in [7, 11) is 1.21. The lowest BCUT2D eigenvalue weighted by molar-refractivity contribution is -0.144. The highest BCUT2D eigenvalue weighted by Gasteiger charge is 2.19. The number of aromatic nitrogens is 3. The van der Waals surface area contributed by atoms with Gasteiger partial charge in [-0.15, -0.1) is 5.10 Å². The molecule has 0 aliphatic rings. The number of carbonyl (C=O) groups excluding carboxylic acids is 2. The average molecular weight is 284 g/mol. The third-order valence-electron chi connectivity index (χ3n) is 2.69. The van der Waals surface area contributed by atoms with Crippen LogP contribution in [-0.2, 0) is 20.8 Å². The van der Waals surface area contributed by atoms with E-state index >= 15 is 0 Å². The predicted octanol–water partition coefficient (Wildman–Crippen LogP) is 0.770. The van der Waals surface area contributed by atoms with Gasteiger partial charge in [-0.1, -0.05) is 31.4 Å². The van der Waals surface area contributed by atoms with Crippen LogP contribution in [0.15, 0.2) is 0 Å². The number of rotatable bonds is 8. The molecule has 1 aromatic heterocycles. The van der Waals surface area contributed by atoms with Crippen LogP contribution in [0.1, 0.15) is 43.1 Å². The molecule has 20 heavy (non-hydrogen) atoms. The van der Waals surface area contributed by atoms with Gasteiger partial charge in [-0.05, 0) is 6.42 Å². The Kier molecular flexibility index (Phi) is 6.48. The first-order chi connectivity index (χ1) is 9.60. The summed E-state index contributed by atoms with van der Waals surface area (Å²) >= 11 is 0. The Morgan fingerprint density at radius 1 is 1.30 bits per heavy atom. The zero-order valence-corrected chi connectivity index (χ0v) is 11.8. The van der Waals surface area contributed by atoms with Crippen LogP contribution in [0.3, 0.4) is 0 Å². The van der Waals surface area contributed by atoms with Gasteiger partial charge < -0.3 is 15.2 Å². The number of esters is 2. The van der Waals surface area contributed by atoms with Crippen molar-refractivity contribution >= 4 is 17.8 Å². The van der Waals surface area contributed by atoms with Gasteiger partial charge in [-0.2, -0.15) is 0 Å². The van der Waals surface area contributed by atoms with E-state index in [0.717, 1.165) is 30.4 Å². The molecule has 0 aliphatic heterocycles. The Bertz CT molecular complexity index is 458. The minimum absolute atomic E-state index is 0.0141. The van der Waals surface area contributed by atoms with Gasteiger partial charge >= 0.3 is 11.9 Å². The van der Waals surface area contributed by atoms with Crippen molar-refractivity contribution in [2.75, 3.05) is 19.5 Å². The first kappa shape index (κ1) is 15.9. The van der Waals surface area contributed by atoms with Gasteiger partial charge in [0.2, 0.25) is 5.69 Å². The molecule has 0 atom stereocenters. The largest absolute Gasteiger partial charge is 0.464 e. The van der Waals surface area contributed by atoms with Gasteiger partial charge in [0.05, 0.1) is 13.7 Å². The van der Waals surface area contributed by atoms with Crippen molar-refractivity contribution in [3.63, 3.8) is 0 Å². The highest BCUT2D eigenvalue weighted by molar-refractivity contribution is 5.91. The van der Waals surface area contributed by atoms with E-state index in [2.05, 4.69) is 22.0 Å². The minimum atomic E-state index is -0.693. The number of unbranched alkanes of at least 4 members (excludes halogenated alkanes) is 3. The molecule has 0 amide bonds. The van der Waals surface area contributed by atoms with Gasteiger partial charge in [0, 0.05) is 0 Å². The summed E-state index contributed by atoms with van der Waals surface area (Å²) in [6.45, 7) is 2.30. The van der Waals surface area contributed by atoms with E-state index in [1.54, 1.807) is 0 Å². The van der Waals surface area contributed by atoms with Gasteiger partial charge in [0.1, 0.15) is 6.54 Å². The zero-order chi connectivity index (χ0) is 15.0. The molecule has 0 radical (unpaired) electrons. The number of carbonyl (C=O) groups is 2. The maximum Gasteiger partial charge on any atom is 0.362 e. The van der Waals surface area contributed by atoms with E-state index in [-0.39, 0.29) is 18.1 Å². The van der Waals surface area contributed by atoms with Crippen molar-refractivity contribution in [1.82, 2.24) is 15.0 Å². The Balaban J connectivity index is 2.42. The molecular weight excluding hydrogens is 264 g/mol. The van der Waals surface area contributed by atoms with Gasteiger partial charge in [-0.3, -0.25) is 4.79 Å². The summed E-state index contributed by atoms with van der Waals surface area (Å²) in [5, 5.41) is 7.19. The predicted molar refractivity (Wildman–Crippen MR) is 70.9 cm³/mol. The van der Waals surface area contributed by atoms with E-state index < -0.39 is 11.9 Å². The first-order valence-corrected chi connectivity index (χ1v) is 6.53. The summed E-state index contributed by atoms with van der Waals surface area (Å²) < 4.78 is 10.6. The number of ether oxygens (including phenoxy) is 2. The topological polar surface area (TPSA) is 109 Å². The molecule has 1 aromatic rings. The molecule has 0 saturated carbocycles. The molecule has 0 aromatic carbocycles. The molecule has 0 fully saturated rings. The van der Waals surface area contributed by atoms with Crippen LogP contribution in [0.2, 0.25) is 0 Å². The van der Waals surface area contributed by atoms with Crippen LogP contribution in [0, 0.1) is 0 Å². The number of nitrogens with two attached hydrogens (primary N) is 1. The van der Waals surface area contributed by atoms with Crippen molar-refractivity contribution in [3.8, 4) is 0 Å². The van der Waals surface area contributed by atoms with Crippen molar-refractivity contribution < 1.29 is 19.1 Å². The third-order valence-corrected chi connectivity index (χ3v) is 2.69. The Hall–Kier alpha value is -2.12. The molecule has 8 heteroatoms. The SMILES string of the molecule is CCCCCCOC(=O)Cn1nnc(C(=O)OC)c1N. The summed E-state index contributed by atoms with van der Waals surface area (Å²) in [6, 6.07) is 0. The molecule has 0 saturated heterocycles. The van der Waals surface area contributed by atoms with Gasteiger partial charge in [-0.25, -0.2) is 9.48 Å². The molecule has 0 unspecified atom stereocenters. The summed E-state index contributed by atoms with van der Waals surface area (Å²) in [4.78, 5) is 22.8. The minimum Gasteiger partial charge on any atom is -0.464 e. The fourth-order valence-corrected chi connectivity index (χ4v) is 1.56. The van der Waals surface area contributed by atoms with Crippen LogP contribution in [0.5, 0.6) is 0 Å². The van der Waals surface area contributed by atoms with Gasteiger partial charge in [0.25, 0.3) is 0 Å². The van der Waals surface area contributed by atoms with E-state index in [9.17, 15) is 9.59 Å². The maximum absolute atomic E-state index is 11.6. The Labute approximate surface area is 117 Å². The Morgan fingerprint density at radius 3 is 2.70 bits per heavy atom. The number of nitrogens with zero attached hydrogens (tertiary/aromatic N) is 3. The second-order valence-electron chi connectivity index (χ2n) is 4.25. The van der Waals surface area contributed by atoms with Crippen molar-refractivity contribution in [2.45, 2.75) is 39.2 Å². The molecule has 1 heterocycles. The fourth-order valence-electron chi connectivity index (χ4n) is 1.56. The lowest BCUT2D eigenvalue weighted by Gasteiger charge is -2.05. The van der Waals surface area contributed by atoms with E-state index in [4.69, 9.17) is 10.5 Å². The summed E-state index contributed by atoms with van der Waals surface area (Å²) in [6.07, 6.45) is 4.11. The monoisotopic (exact) mass is 284 g/mol. The van der Waals surface area contributed by atoms with Crippen molar-refractivity contribution in [2.24, 2.45) is 0 Å². The highest BCUT2D eigenvalue weighted by atomic mass is 16.5. The summed E-state index contributed by atoms with van der Waals surface area (Å²) in [5.74, 6) is -1.17. The van der Waals surface area contributed by atoms with Crippen LogP contribution in [0.25, 0.3) is 0 Å². The normalized spacial score (nSPS) is 10.3. The molecule has 0 spiro atoms. The Morgan fingerprint density at radius 2 is 2.05 bits per heavy atom. The second kappa shape index (κ2) is 8.13. The van der Waals surface area contributed by atoms with Crippen molar-refractivity contribution in [1.29, 1.82) is 0 Å². The van der Waals surface area contributed by atoms with E-state index in [1.807, 2.05) is 0 Å². The molecule has 1 rings (SSSR count). The second-order valence-corrected chi connectivity index (χ2v) is 4.25. The lowest BCUT2D eigenvalue weighted by atomic mass is 10.2. The summed E-state index contributed by atoms with van der Waals surface area (Å²) in [5.41, 5.74) is 5.54. The zero-order valence-electron chi connectivity index (χ0n) is 11.8. The standard InChI is InChI=1S/C12H20N4O4/c1-3-4-5-6-7-20-9(17)8-16-11(13)10(14-15-16)12(18)19-2/h3-8,13H2,1-2H3. The number of anilines is 1. The van der Waals surface area contributed by atoms with Gasteiger partial charge in [0.15, 0.2) is 5.82 Å². The molecule has 2 N–H and O–H groups in total. The number of hydrogen-bond acceptors (Lipinski definition) is 7. The molecule has 0 aliphatic carbocycles. The lowest BCUT2D eigenvalue weighted by Crippen LogP contribution is -2.17. The number of nitrogen functional groups attached to an aromatic ring is 1. The molecule has 0 bridgehead atoms. The molecule has 8 nitrogen and oxygen atoms in total. The first-order valence-electron chi connectivity index (χ1n) is 6.53. The van der Waals surface area contributed by atoms with Crippen LogP contribution >= 0.6 is 0 Å². The van der Waals surface area contributed by atoms with Crippen LogP contribution in [0.4, 0.5) is 5.82 Å². The van der Waals surface area contributed by atoms with E-state index in [1.165, 1.54) is 7.11 Å². The maximum atomic E-state index is 11.6. The quantitative estimate of drug-likeness (QED) is 0.554.